The van der Waals surface area contributed by atoms with E-state index in [2.05, 4.69) is 10.3 Å². The molecule has 7 nitrogen and oxygen atoms in total. The molecule has 0 atom stereocenters. The number of para-hydroxylation sites is 1. The standard InChI is InChI=1S/C20H22N4O3S/c1-2-16-8-10-20(11-9-16)28(25,26)23-13-18(14-23)24-12-17(21-22-24)15-27-19-6-4-3-5-7-19/h3-12,18H,2,13-15H2,1H3. The first-order valence-electron chi connectivity index (χ1n) is 9.24. The van der Waals surface area contributed by atoms with E-state index in [4.69, 9.17) is 4.74 Å². The summed E-state index contributed by atoms with van der Waals surface area (Å²) in [6.07, 6.45) is 2.70. The summed E-state index contributed by atoms with van der Waals surface area (Å²) in [6.45, 7) is 3.14. The van der Waals surface area contributed by atoms with Crippen molar-refractivity contribution in [2.75, 3.05) is 13.1 Å². The van der Waals surface area contributed by atoms with Crippen LogP contribution in [0.15, 0.2) is 65.7 Å². The van der Waals surface area contributed by atoms with Crippen LogP contribution in [-0.2, 0) is 23.1 Å². The third-order valence-electron chi connectivity index (χ3n) is 4.86. The average molecular weight is 398 g/mol. The molecule has 1 aromatic heterocycles. The third kappa shape index (κ3) is 3.79. The van der Waals surface area contributed by atoms with E-state index < -0.39 is 10.0 Å². The molecule has 8 heteroatoms. The Morgan fingerprint density at radius 3 is 2.46 bits per heavy atom. The molecule has 28 heavy (non-hydrogen) atoms. The maximum Gasteiger partial charge on any atom is 0.243 e. The zero-order valence-corrected chi connectivity index (χ0v) is 16.4. The van der Waals surface area contributed by atoms with Crippen LogP contribution in [0.3, 0.4) is 0 Å². The highest BCUT2D eigenvalue weighted by Gasteiger charge is 2.38. The summed E-state index contributed by atoms with van der Waals surface area (Å²) in [7, 11) is -3.46. The number of hydrogen-bond donors (Lipinski definition) is 0. The van der Waals surface area contributed by atoms with Gasteiger partial charge >= 0.3 is 0 Å². The minimum Gasteiger partial charge on any atom is -0.487 e. The summed E-state index contributed by atoms with van der Waals surface area (Å²) in [5.74, 6) is 0.770. The smallest absolute Gasteiger partial charge is 0.243 e. The van der Waals surface area contributed by atoms with Crippen molar-refractivity contribution in [1.29, 1.82) is 0 Å². The summed E-state index contributed by atoms with van der Waals surface area (Å²) < 4.78 is 34.3. The van der Waals surface area contributed by atoms with E-state index in [-0.39, 0.29) is 6.04 Å². The maximum atomic E-state index is 12.7. The Bertz CT molecular complexity index is 1030. The lowest BCUT2D eigenvalue weighted by Gasteiger charge is -2.37. The summed E-state index contributed by atoms with van der Waals surface area (Å²) in [5, 5.41) is 8.25. The molecular formula is C20H22N4O3S. The van der Waals surface area contributed by atoms with Crippen LogP contribution in [0.1, 0.15) is 24.2 Å². The lowest BCUT2D eigenvalue weighted by atomic mass is 10.2. The van der Waals surface area contributed by atoms with Crippen LogP contribution in [0.2, 0.25) is 0 Å². The van der Waals surface area contributed by atoms with Gasteiger partial charge in [0.1, 0.15) is 18.1 Å². The van der Waals surface area contributed by atoms with Gasteiger partial charge in [0.15, 0.2) is 0 Å². The Hall–Kier alpha value is -2.71. The molecule has 0 saturated carbocycles. The van der Waals surface area contributed by atoms with Gasteiger partial charge in [0.25, 0.3) is 0 Å². The van der Waals surface area contributed by atoms with Crippen LogP contribution < -0.4 is 4.74 Å². The van der Waals surface area contributed by atoms with Gasteiger partial charge in [-0.2, -0.15) is 4.31 Å². The van der Waals surface area contributed by atoms with Crippen LogP contribution in [-0.4, -0.2) is 40.8 Å². The van der Waals surface area contributed by atoms with E-state index in [1.165, 1.54) is 4.31 Å². The molecule has 0 bridgehead atoms. The number of sulfonamides is 1. The molecule has 0 radical (unpaired) electrons. The zero-order valence-electron chi connectivity index (χ0n) is 15.6. The first kappa shape index (κ1) is 18.6. The fourth-order valence-corrected chi connectivity index (χ4v) is 4.57. The molecule has 3 aromatic rings. The quantitative estimate of drug-likeness (QED) is 0.611. The van der Waals surface area contributed by atoms with Crippen LogP contribution in [0.25, 0.3) is 0 Å². The van der Waals surface area contributed by atoms with E-state index in [0.29, 0.717) is 30.3 Å². The van der Waals surface area contributed by atoms with Crippen molar-refractivity contribution >= 4 is 10.0 Å². The van der Waals surface area contributed by atoms with Gasteiger partial charge in [-0.15, -0.1) is 5.10 Å². The Morgan fingerprint density at radius 2 is 1.79 bits per heavy atom. The average Bonchev–Trinajstić information content (AvgIpc) is 3.14. The molecule has 2 aromatic carbocycles. The molecule has 1 aliphatic heterocycles. The molecule has 0 N–H and O–H groups in total. The highest BCUT2D eigenvalue weighted by atomic mass is 32.2. The van der Waals surface area contributed by atoms with Gasteiger partial charge in [-0.1, -0.05) is 42.5 Å². The van der Waals surface area contributed by atoms with Gasteiger partial charge in [-0.05, 0) is 36.2 Å². The van der Waals surface area contributed by atoms with Gasteiger partial charge in [0.05, 0.1) is 17.1 Å². The summed E-state index contributed by atoms with van der Waals surface area (Å²) in [6, 6.07) is 16.6. The van der Waals surface area contributed by atoms with Crippen LogP contribution in [0, 0.1) is 0 Å². The van der Waals surface area contributed by atoms with E-state index in [9.17, 15) is 8.42 Å². The molecule has 4 rings (SSSR count). The van der Waals surface area contributed by atoms with Gasteiger partial charge < -0.3 is 4.74 Å². The summed E-state index contributed by atoms with van der Waals surface area (Å²) >= 11 is 0. The van der Waals surface area contributed by atoms with Crippen LogP contribution >= 0.6 is 0 Å². The van der Waals surface area contributed by atoms with Crippen molar-refractivity contribution in [3.8, 4) is 5.75 Å². The number of aryl methyl sites for hydroxylation is 1. The van der Waals surface area contributed by atoms with Crippen molar-refractivity contribution in [3.63, 3.8) is 0 Å². The lowest BCUT2D eigenvalue weighted by molar-refractivity contribution is 0.189. The van der Waals surface area contributed by atoms with Gasteiger partial charge in [0, 0.05) is 13.1 Å². The number of benzene rings is 2. The monoisotopic (exact) mass is 398 g/mol. The van der Waals surface area contributed by atoms with E-state index in [1.54, 1.807) is 16.8 Å². The largest absolute Gasteiger partial charge is 0.487 e. The second-order valence-electron chi connectivity index (χ2n) is 6.76. The Labute approximate surface area is 164 Å². The van der Waals surface area contributed by atoms with E-state index in [0.717, 1.165) is 17.7 Å². The predicted octanol–water partition coefficient (Wildman–Crippen LogP) is 2.67. The maximum absolute atomic E-state index is 12.7. The number of hydrogen-bond acceptors (Lipinski definition) is 5. The Morgan fingerprint density at radius 1 is 1.07 bits per heavy atom. The molecule has 1 aliphatic rings. The molecule has 0 aliphatic carbocycles. The van der Waals surface area contributed by atoms with Crippen molar-refractivity contribution in [1.82, 2.24) is 19.3 Å². The van der Waals surface area contributed by atoms with Gasteiger partial charge in [0.2, 0.25) is 10.0 Å². The van der Waals surface area contributed by atoms with Crippen molar-refractivity contribution in [2.24, 2.45) is 0 Å². The molecule has 0 unspecified atom stereocenters. The topological polar surface area (TPSA) is 77.3 Å². The molecule has 0 amide bonds. The van der Waals surface area contributed by atoms with E-state index >= 15 is 0 Å². The molecule has 2 heterocycles. The number of rotatable bonds is 7. The SMILES string of the molecule is CCc1ccc(S(=O)(=O)N2CC(n3cc(COc4ccccc4)nn3)C2)cc1. The first-order chi connectivity index (χ1) is 13.6. The van der Waals surface area contributed by atoms with Crippen molar-refractivity contribution < 1.29 is 13.2 Å². The highest BCUT2D eigenvalue weighted by molar-refractivity contribution is 7.89. The Balaban J connectivity index is 1.35. The van der Waals surface area contributed by atoms with Crippen LogP contribution in [0.4, 0.5) is 0 Å². The van der Waals surface area contributed by atoms with Gasteiger partial charge in [-0.25, -0.2) is 13.1 Å². The summed E-state index contributed by atoms with van der Waals surface area (Å²) in [5.41, 5.74) is 1.83. The lowest BCUT2D eigenvalue weighted by Crippen LogP contribution is -2.50. The fraction of sp³-hybridized carbons (Fsp3) is 0.300. The second-order valence-corrected chi connectivity index (χ2v) is 8.70. The van der Waals surface area contributed by atoms with Gasteiger partial charge in [-0.3, -0.25) is 0 Å². The number of aromatic nitrogens is 3. The molecule has 1 saturated heterocycles. The fourth-order valence-electron chi connectivity index (χ4n) is 3.06. The highest BCUT2D eigenvalue weighted by Crippen LogP contribution is 2.28. The molecule has 1 fully saturated rings. The van der Waals surface area contributed by atoms with Crippen LogP contribution in [0.5, 0.6) is 5.75 Å². The predicted molar refractivity (Wildman–Crippen MR) is 104 cm³/mol. The third-order valence-corrected chi connectivity index (χ3v) is 6.71. The Kier molecular flexibility index (Phi) is 5.15. The molecule has 146 valence electrons. The number of ether oxygens (including phenoxy) is 1. The van der Waals surface area contributed by atoms with Crippen molar-refractivity contribution in [3.05, 3.63) is 72.1 Å². The minimum atomic E-state index is -3.46. The van der Waals surface area contributed by atoms with Crippen molar-refractivity contribution in [2.45, 2.75) is 30.9 Å². The minimum absolute atomic E-state index is 0.0114. The molecular weight excluding hydrogens is 376 g/mol. The number of nitrogens with zero attached hydrogens (tertiary/aromatic N) is 4. The van der Waals surface area contributed by atoms with E-state index in [1.807, 2.05) is 55.6 Å². The molecule has 0 spiro atoms. The summed E-state index contributed by atoms with van der Waals surface area (Å²) in [4.78, 5) is 0.332. The second kappa shape index (κ2) is 7.73. The normalized spacial score (nSPS) is 15.3. The first-order valence-corrected chi connectivity index (χ1v) is 10.7. The zero-order chi connectivity index (χ0) is 19.6.